The fraction of sp³-hybridized carbons (Fsp3) is 0.600. The maximum Gasteiger partial charge on any atom is 0.325 e. The van der Waals surface area contributed by atoms with E-state index in [1.165, 1.54) is 6.92 Å². The van der Waals surface area contributed by atoms with E-state index in [1.807, 2.05) is 0 Å². The molecule has 0 aromatic heterocycles. The molecule has 7 nitrogen and oxygen atoms in total. The van der Waals surface area contributed by atoms with Gasteiger partial charge in [-0.05, 0) is 6.92 Å². The molecule has 0 aliphatic carbocycles. The Bertz CT molecular complexity index is 329. The summed E-state index contributed by atoms with van der Waals surface area (Å²) in [6.45, 7) is 0.594. The van der Waals surface area contributed by atoms with Gasteiger partial charge in [-0.3, -0.25) is 14.4 Å². The molecule has 17 heavy (non-hydrogen) atoms. The summed E-state index contributed by atoms with van der Waals surface area (Å²) in [5.74, 6) is -2.91. The lowest BCUT2D eigenvalue weighted by Crippen LogP contribution is -2.42. The van der Waals surface area contributed by atoms with Gasteiger partial charge in [0.2, 0.25) is 5.91 Å². The zero-order chi connectivity index (χ0) is 13.4. The second-order valence-electron chi connectivity index (χ2n) is 3.20. The van der Waals surface area contributed by atoms with Gasteiger partial charge in [0.05, 0.1) is 20.3 Å². The summed E-state index contributed by atoms with van der Waals surface area (Å²) < 4.78 is 8.78. The van der Waals surface area contributed by atoms with Crippen LogP contribution in [0.1, 0.15) is 6.92 Å². The molecule has 0 saturated heterocycles. The summed E-state index contributed by atoms with van der Waals surface area (Å²) in [7, 11) is 2.33. The van der Waals surface area contributed by atoms with Gasteiger partial charge in [0.15, 0.2) is 0 Å². The third kappa shape index (κ3) is 4.97. The number of amides is 1. The van der Waals surface area contributed by atoms with Crippen LogP contribution >= 0.6 is 0 Å². The molecule has 0 spiro atoms. The molecule has 0 radical (unpaired) electrons. The number of ether oxygens (including phenoxy) is 2. The Kier molecular flexibility index (Phi) is 6.33. The number of hydrogen-bond donors (Lipinski definition) is 0. The van der Waals surface area contributed by atoms with E-state index >= 15 is 0 Å². The summed E-state index contributed by atoms with van der Waals surface area (Å²) in [6, 6.07) is 1.73. The first-order valence-electron chi connectivity index (χ1n) is 4.78. The number of methoxy groups -OCH3 is 2. The van der Waals surface area contributed by atoms with E-state index in [0.29, 0.717) is 0 Å². The molecule has 0 rings (SSSR count). The number of carbonyl (C=O) groups excluding carboxylic acids is 3. The second-order valence-corrected chi connectivity index (χ2v) is 3.20. The van der Waals surface area contributed by atoms with E-state index in [4.69, 9.17) is 5.26 Å². The Balaban J connectivity index is 4.73. The van der Waals surface area contributed by atoms with E-state index in [2.05, 4.69) is 9.47 Å². The number of nitrogens with zero attached hydrogens (tertiary/aromatic N) is 2. The fourth-order valence-electron chi connectivity index (χ4n) is 0.982. The molecule has 0 aromatic carbocycles. The highest BCUT2D eigenvalue weighted by Crippen LogP contribution is 2.02. The topological polar surface area (TPSA) is 96.7 Å². The molecule has 94 valence electrons. The van der Waals surface area contributed by atoms with Crippen molar-refractivity contribution in [3.63, 3.8) is 0 Å². The molecule has 0 aromatic rings. The fourth-order valence-corrected chi connectivity index (χ4v) is 0.982. The van der Waals surface area contributed by atoms with Crippen molar-refractivity contribution in [2.24, 2.45) is 5.92 Å². The highest BCUT2D eigenvalue weighted by Gasteiger charge is 2.25. The highest BCUT2D eigenvalue weighted by molar-refractivity contribution is 5.88. The largest absolute Gasteiger partial charge is 0.468 e. The Labute approximate surface area is 98.9 Å². The van der Waals surface area contributed by atoms with E-state index in [0.717, 1.165) is 19.1 Å². The average molecular weight is 242 g/mol. The lowest BCUT2D eigenvalue weighted by Gasteiger charge is -2.20. The average Bonchev–Trinajstić information content (AvgIpc) is 2.35. The molecule has 1 atom stereocenters. The van der Waals surface area contributed by atoms with Gasteiger partial charge in [-0.2, -0.15) is 5.26 Å². The summed E-state index contributed by atoms with van der Waals surface area (Å²) in [4.78, 5) is 34.7. The third-order valence-electron chi connectivity index (χ3n) is 1.97. The van der Waals surface area contributed by atoms with Crippen LogP contribution in [0.5, 0.6) is 0 Å². The smallest absolute Gasteiger partial charge is 0.325 e. The van der Waals surface area contributed by atoms with Crippen LogP contribution in [0.3, 0.4) is 0 Å². The number of esters is 2. The van der Waals surface area contributed by atoms with Crippen LogP contribution in [0, 0.1) is 17.2 Å². The second kappa shape index (κ2) is 7.22. The van der Waals surface area contributed by atoms with Crippen LogP contribution in [-0.2, 0) is 23.9 Å². The Morgan fingerprint density at radius 1 is 1.18 bits per heavy atom. The molecule has 0 saturated carbocycles. The molecule has 0 heterocycles. The number of carbonyl (C=O) groups is 3. The number of rotatable bonds is 5. The van der Waals surface area contributed by atoms with Crippen molar-refractivity contribution in [1.82, 2.24) is 4.90 Å². The normalized spacial score (nSPS) is 10.9. The zero-order valence-corrected chi connectivity index (χ0v) is 9.93. The molecular weight excluding hydrogens is 228 g/mol. The molecule has 0 fully saturated rings. The summed E-state index contributed by atoms with van der Waals surface area (Å²) in [6.07, 6.45) is 0. The lowest BCUT2D eigenvalue weighted by molar-refractivity contribution is -0.152. The molecule has 0 aliphatic rings. The van der Waals surface area contributed by atoms with E-state index in [-0.39, 0.29) is 0 Å². The molecule has 7 heteroatoms. The summed E-state index contributed by atoms with van der Waals surface area (Å²) in [5, 5.41) is 8.61. The van der Waals surface area contributed by atoms with Gasteiger partial charge in [-0.25, -0.2) is 0 Å². The van der Waals surface area contributed by atoms with Gasteiger partial charge in [-0.15, -0.1) is 0 Å². The quantitative estimate of drug-likeness (QED) is 0.592. The predicted molar refractivity (Wildman–Crippen MR) is 55.4 cm³/mol. The van der Waals surface area contributed by atoms with E-state index in [1.54, 1.807) is 6.07 Å². The molecule has 0 aliphatic heterocycles. The molecule has 0 bridgehead atoms. The van der Waals surface area contributed by atoms with E-state index in [9.17, 15) is 14.4 Å². The third-order valence-corrected chi connectivity index (χ3v) is 1.97. The zero-order valence-electron chi connectivity index (χ0n) is 9.93. The van der Waals surface area contributed by atoms with Crippen molar-refractivity contribution in [1.29, 1.82) is 5.26 Å². The van der Waals surface area contributed by atoms with Gasteiger partial charge < -0.3 is 14.4 Å². The SMILES string of the molecule is COC(=O)CN(CC(=O)OC)C(=O)C(C)C#N. The van der Waals surface area contributed by atoms with Crippen molar-refractivity contribution in [3.05, 3.63) is 0 Å². The highest BCUT2D eigenvalue weighted by atomic mass is 16.5. The minimum Gasteiger partial charge on any atom is -0.468 e. The maximum absolute atomic E-state index is 11.7. The number of nitriles is 1. The van der Waals surface area contributed by atoms with Crippen molar-refractivity contribution in [3.8, 4) is 6.07 Å². The Hall–Kier alpha value is -2.10. The van der Waals surface area contributed by atoms with Gasteiger partial charge in [0.25, 0.3) is 0 Å². The first-order chi connectivity index (χ1) is 7.96. The van der Waals surface area contributed by atoms with Gasteiger partial charge >= 0.3 is 11.9 Å². The lowest BCUT2D eigenvalue weighted by atomic mass is 10.2. The first-order valence-corrected chi connectivity index (χ1v) is 4.78. The van der Waals surface area contributed by atoms with Gasteiger partial charge in [-0.1, -0.05) is 0 Å². The molecular formula is C10H14N2O5. The van der Waals surface area contributed by atoms with Crippen LogP contribution in [-0.4, -0.2) is 50.1 Å². The van der Waals surface area contributed by atoms with Crippen LogP contribution in [0.2, 0.25) is 0 Å². The molecule has 1 unspecified atom stereocenters. The standard InChI is InChI=1S/C10H14N2O5/c1-7(4-11)10(15)12(5-8(13)16-2)6-9(14)17-3/h7H,5-6H2,1-3H3. The van der Waals surface area contributed by atoms with Crippen LogP contribution in [0.4, 0.5) is 0 Å². The Morgan fingerprint density at radius 3 is 1.88 bits per heavy atom. The summed E-state index contributed by atoms with van der Waals surface area (Å²) in [5.41, 5.74) is 0. The number of hydrogen-bond acceptors (Lipinski definition) is 6. The minimum absolute atomic E-state index is 0.392. The maximum atomic E-state index is 11.7. The predicted octanol–water partition coefficient (Wildman–Crippen LogP) is -0.679. The summed E-state index contributed by atoms with van der Waals surface area (Å²) >= 11 is 0. The van der Waals surface area contributed by atoms with Gasteiger partial charge in [0.1, 0.15) is 19.0 Å². The van der Waals surface area contributed by atoms with Gasteiger partial charge in [0, 0.05) is 0 Å². The Morgan fingerprint density at radius 2 is 1.59 bits per heavy atom. The van der Waals surface area contributed by atoms with Crippen molar-refractivity contribution in [2.75, 3.05) is 27.3 Å². The monoisotopic (exact) mass is 242 g/mol. The van der Waals surface area contributed by atoms with Crippen LogP contribution in [0.15, 0.2) is 0 Å². The van der Waals surface area contributed by atoms with Crippen molar-refractivity contribution >= 4 is 17.8 Å². The van der Waals surface area contributed by atoms with Crippen molar-refractivity contribution < 1.29 is 23.9 Å². The van der Waals surface area contributed by atoms with Crippen LogP contribution < -0.4 is 0 Å². The van der Waals surface area contributed by atoms with E-state index < -0.39 is 36.9 Å². The minimum atomic E-state index is -0.940. The molecule has 1 amide bonds. The first kappa shape index (κ1) is 14.9. The van der Waals surface area contributed by atoms with Crippen molar-refractivity contribution in [2.45, 2.75) is 6.92 Å². The van der Waals surface area contributed by atoms with Crippen LogP contribution in [0.25, 0.3) is 0 Å². The molecule has 0 N–H and O–H groups in total.